The van der Waals surface area contributed by atoms with E-state index in [1.54, 1.807) is 0 Å². The molecule has 126 valence electrons. The SMILES string of the molecule is Cc1cccc(N2CCN(C(=O)C(N)C(C)C)CC2)c1.Cl.Cl. The Kier molecular flexibility index (Phi) is 8.83. The van der Waals surface area contributed by atoms with Crippen molar-refractivity contribution in [1.29, 1.82) is 0 Å². The summed E-state index contributed by atoms with van der Waals surface area (Å²) in [6, 6.07) is 8.13. The Morgan fingerprint density at radius 3 is 2.23 bits per heavy atom. The van der Waals surface area contributed by atoms with Crippen LogP contribution in [0, 0.1) is 12.8 Å². The summed E-state index contributed by atoms with van der Waals surface area (Å²) in [6.45, 7) is 9.35. The third kappa shape index (κ3) is 5.04. The second-order valence-electron chi connectivity index (χ2n) is 5.92. The standard InChI is InChI=1S/C16H25N3O.2ClH/c1-12(2)15(17)16(20)19-9-7-18(8-10-19)14-6-4-5-13(3)11-14;;/h4-6,11-12,15H,7-10,17H2,1-3H3;2*1H. The molecule has 2 N–H and O–H groups in total. The van der Waals surface area contributed by atoms with E-state index in [-0.39, 0.29) is 42.7 Å². The highest BCUT2D eigenvalue weighted by atomic mass is 35.5. The molecule has 22 heavy (non-hydrogen) atoms. The Morgan fingerprint density at radius 2 is 1.73 bits per heavy atom. The van der Waals surface area contributed by atoms with Gasteiger partial charge in [0, 0.05) is 31.9 Å². The van der Waals surface area contributed by atoms with Crippen LogP contribution in [0.3, 0.4) is 0 Å². The van der Waals surface area contributed by atoms with Crippen molar-refractivity contribution in [1.82, 2.24) is 4.90 Å². The van der Waals surface area contributed by atoms with E-state index in [1.165, 1.54) is 11.3 Å². The van der Waals surface area contributed by atoms with Gasteiger partial charge in [-0.15, -0.1) is 24.8 Å². The second kappa shape index (κ2) is 9.23. The molecule has 1 unspecified atom stereocenters. The van der Waals surface area contributed by atoms with Crippen molar-refractivity contribution < 1.29 is 4.79 Å². The van der Waals surface area contributed by atoms with Gasteiger partial charge in [0.05, 0.1) is 6.04 Å². The van der Waals surface area contributed by atoms with Gasteiger partial charge in [-0.25, -0.2) is 0 Å². The Bertz CT molecular complexity index is 474. The van der Waals surface area contributed by atoms with Crippen LogP contribution in [0.15, 0.2) is 24.3 Å². The quantitative estimate of drug-likeness (QED) is 0.913. The Labute approximate surface area is 145 Å². The summed E-state index contributed by atoms with van der Waals surface area (Å²) in [5.74, 6) is 0.279. The van der Waals surface area contributed by atoms with Crippen molar-refractivity contribution in [2.75, 3.05) is 31.1 Å². The van der Waals surface area contributed by atoms with Gasteiger partial charge in [0.2, 0.25) is 5.91 Å². The van der Waals surface area contributed by atoms with Crippen LogP contribution in [-0.4, -0.2) is 43.0 Å². The average Bonchev–Trinajstić information content (AvgIpc) is 2.46. The summed E-state index contributed by atoms with van der Waals surface area (Å²) >= 11 is 0. The van der Waals surface area contributed by atoms with Crippen molar-refractivity contribution in [2.24, 2.45) is 11.7 Å². The molecule has 0 bridgehead atoms. The Morgan fingerprint density at radius 1 is 1.14 bits per heavy atom. The van der Waals surface area contributed by atoms with Crippen LogP contribution in [0.2, 0.25) is 0 Å². The maximum Gasteiger partial charge on any atom is 0.239 e. The van der Waals surface area contributed by atoms with Crippen molar-refractivity contribution >= 4 is 36.4 Å². The lowest BCUT2D eigenvalue weighted by atomic mass is 10.0. The van der Waals surface area contributed by atoms with Crippen molar-refractivity contribution in [3.63, 3.8) is 0 Å². The number of rotatable bonds is 3. The fraction of sp³-hybridized carbons (Fsp3) is 0.562. The normalized spacial score (nSPS) is 15.9. The van der Waals surface area contributed by atoms with Crippen LogP contribution < -0.4 is 10.6 Å². The van der Waals surface area contributed by atoms with Crippen molar-refractivity contribution in [2.45, 2.75) is 26.8 Å². The van der Waals surface area contributed by atoms with E-state index < -0.39 is 0 Å². The van der Waals surface area contributed by atoms with Gasteiger partial charge >= 0.3 is 0 Å². The third-order valence-electron chi connectivity index (χ3n) is 3.96. The maximum absolute atomic E-state index is 12.2. The number of carbonyl (C=O) groups excluding carboxylic acids is 1. The first-order valence-corrected chi connectivity index (χ1v) is 7.35. The number of hydrogen-bond acceptors (Lipinski definition) is 3. The van der Waals surface area contributed by atoms with Crippen molar-refractivity contribution in [3.05, 3.63) is 29.8 Å². The third-order valence-corrected chi connectivity index (χ3v) is 3.96. The van der Waals surface area contributed by atoms with E-state index >= 15 is 0 Å². The van der Waals surface area contributed by atoms with Gasteiger partial charge in [0.1, 0.15) is 0 Å². The van der Waals surface area contributed by atoms with Crippen LogP contribution in [0.5, 0.6) is 0 Å². The zero-order valence-corrected chi connectivity index (χ0v) is 15.1. The summed E-state index contributed by atoms with van der Waals surface area (Å²) in [6.07, 6.45) is 0. The van der Waals surface area contributed by atoms with E-state index in [1.807, 2.05) is 18.7 Å². The number of benzene rings is 1. The number of carbonyl (C=O) groups is 1. The first kappa shape index (κ1) is 21.0. The maximum atomic E-state index is 12.2. The number of hydrogen-bond donors (Lipinski definition) is 1. The molecule has 0 spiro atoms. The van der Waals surface area contributed by atoms with Gasteiger partial charge < -0.3 is 15.5 Å². The predicted octanol–water partition coefficient (Wildman–Crippen LogP) is 2.47. The van der Waals surface area contributed by atoms with Gasteiger partial charge in [0.25, 0.3) is 0 Å². The number of halogens is 2. The van der Waals surface area contributed by atoms with Gasteiger partial charge in [-0.2, -0.15) is 0 Å². The molecule has 0 aliphatic carbocycles. The number of nitrogens with zero attached hydrogens (tertiary/aromatic N) is 2. The number of amides is 1. The minimum absolute atomic E-state index is 0. The van der Waals surface area contributed by atoms with Crippen LogP contribution in [0.4, 0.5) is 5.69 Å². The smallest absolute Gasteiger partial charge is 0.239 e. The number of anilines is 1. The van der Waals surface area contributed by atoms with Crippen molar-refractivity contribution in [3.8, 4) is 0 Å². The van der Waals surface area contributed by atoms with Gasteiger partial charge in [-0.3, -0.25) is 4.79 Å². The first-order valence-electron chi connectivity index (χ1n) is 7.35. The zero-order chi connectivity index (χ0) is 14.7. The fourth-order valence-electron chi connectivity index (χ4n) is 2.51. The highest BCUT2D eigenvalue weighted by molar-refractivity contribution is 5.85. The molecule has 1 aliphatic rings. The fourth-order valence-corrected chi connectivity index (χ4v) is 2.51. The van der Waals surface area contributed by atoms with Gasteiger partial charge in [-0.1, -0.05) is 26.0 Å². The molecule has 1 atom stereocenters. The van der Waals surface area contributed by atoms with E-state index in [0.717, 1.165) is 26.2 Å². The molecule has 1 amide bonds. The van der Waals surface area contributed by atoms with Gasteiger partial charge in [-0.05, 0) is 30.5 Å². The molecule has 1 heterocycles. The monoisotopic (exact) mass is 347 g/mol. The lowest BCUT2D eigenvalue weighted by Gasteiger charge is -2.37. The van der Waals surface area contributed by atoms with Crippen LogP contribution in [-0.2, 0) is 4.79 Å². The molecule has 1 aromatic carbocycles. The highest BCUT2D eigenvalue weighted by Gasteiger charge is 2.26. The summed E-state index contributed by atoms with van der Waals surface area (Å²) in [7, 11) is 0. The topological polar surface area (TPSA) is 49.6 Å². The molecule has 1 aliphatic heterocycles. The van der Waals surface area contributed by atoms with Gasteiger partial charge in [0.15, 0.2) is 0 Å². The summed E-state index contributed by atoms with van der Waals surface area (Å²) in [5, 5.41) is 0. The highest BCUT2D eigenvalue weighted by Crippen LogP contribution is 2.18. The molecule has 1 fully saturated rings. The second-order valence-corrected chi connectivity index (χ2v) is 5.92. The lowest BCUT2D eigenvalue weighted by molar-refractivity contribution is -0.133. The molecule has 6 heteroatoms. The predicted molar refractivity (Wildman–Crippen MR) is 97.3 cm³/mol. The van der Waals surface area contributed by atoms with Crippen LogP contribution in [0.1, 0.15) is 19.4 Å². The molecule has 0 radical (unpaired) electrons. The van der Waals surface area contributed by atoms with E-state index in [2.05, 4.69) is 36.1 Å². The zero-order valence-electron chi connectivity index (χ0n) is 13.5. The molecule has 1 saturated heterocycles. The molecular formula is C16H27Cl2N3O. The van der Waals surface area contributed by atoms with E-state index in [0.29, 0.717) is 0 Å². The molecular weight excluding hydrogens is 321 g/mol. The lowest BCUT2D eigenvalue weighted by Crippen LogP contribution is -2.54. The molecule has 0 aromatic heterocycles. The molecule has 1 aromatic rings. The minimum Gasteiger partial charge on any atom is -0.368 e. The molecule has 4 nitrogen and oxygen atoms in total. The number of aryl methyl sites for hydroxylation is 1. The summed E-state index contributed by atoms with van der Waals surface area (Å²) in [4.78, 5) is 16.5. The Hall–Kier alpha value is -0.970. The van der Waals surface area contributed by atoms with Crippen LogP contribution >= 0.6 is 24.8 Å². The average molecular weight is 348 g/mol. The molecule has 0 saturated carbocycles. The summed E-state index contributed by atoms with van der Waals surface area (Å²) in [5.41, 5.74) is 8.46. The van der Waals surface area contributed by atoms with E-state index in [4.69, 9.17) is 5.73 Å². The minimum atomic E-state index is -0.375. The Balaban J connectivity index is 0.00000220. The summed E-state index contributed by atoms with van der Waals surface area (Å²) < 4.78 is 0. The number of nitrogens with two attached hydrogens (primary N) is 1. The first-order chi connectivity index (χ1) is 9.49. The van der Waals surface area contributed by atoms with E-state index in [9.17, 15) is 4.79 Å². The number of piperazine rings is 1. The largest absolute Gasteiger partial charge is 0.368 e. The van der Waals surface area contributed by atoms with Crippen LogP contribution in [0.25, 0.3) is 0 Å². The molecule has 2 rings (SSSR count).